The van der Waals surface area contributed by atoms with Gasteiger partial charge in [-0.05, 0) is 30.5 Å². The van der Waals surface area contributed by atoms with E-state index in [9.17, 15) is 4.39 Å². The van der Waals surface area contributed by atoms with Gasteiger partial charge in [0.2, 0.25) is 5.89 Å². The van der Waals surface area contributed by atoms with Crippen LogP contribution in [0.25, 0.3) is 0 Å². The van der Waals surface area contributed by atoms with Gasteiger partial charge in [0.15, 0.2) is 5.82 Å². The van der Waals surface area contributed by atoms with E-state index in [1.165, 1.54) is 6.07 Å². The van der Waals surface area contributed by atoms with Gasteiger partial charge in [0.1, 0.15) is 5.82 Å². The molecular formula is C16H22ClFN4O2. The quantitative estimate of drug-likeness (QED) is 0.820. The highest BCUT2D eigenvalue weighted by molar-refractivity contribution is 5.85. The highest BCUT2D eigenvalue weighted by atomic mass is 35.5. The van der Waals surface area contributed by atoms with Gasteiger partial charge in [0.25, 0.3) is 0 Å². The van der Waals surface area contributed by atoms with Gasteiger partial charge in [-0.1, -0.05) is 17.3 Å². The third-order valence-corrected chi connectivity index (χ3v) is 3.83. The third-order valence-electron chi connectivity index (χ3n) is 3.83. The first-order valence-electron chi connectivity index (χ1n) is 7.83. The van der Waals surface area contributed by atoms with Crippen LogP contribution in [0.15, 0.2) is 28.8 Å². The van der Waals surface area contributed by atoms with E-state index in [1.807, 2.05) is 6.07 Å². The van der Waals surface area contributed by atoms with Gasteiger partial charge >= 0.3 is 0 Å². The van der Waals surface area contributed by atoms with Crippen LogP contribution in [-0.4, -0.2) is 34.3 Å². The van der Waals surface area contributed by atoms with Crippen molar-refractivity contribution in [3.8, 4) is 0 Å². The molecule has 1 aliphatic heterocycles. The molecule has 24 heavy (non-hydrogen) atoms. The Hall–Kier alpha value is -1.54. The summed E-state index contributed by atoms with van der Waals surface area (Å²) >= 11 is 0. The fraction of sp³-hybridized carbons (Fsp3) is 0.500. The van der Waals surface area contributed by atoms with Gasteiger partial charge in [-0.25, -0.2) is 4.39 Å². The van der Waals surface area contributed by atoms with Crippen molar-refractivity contribution in [1.29, 1.82) is 0 Å². The minimum atomic E-state index is -0.232. The van der Waals surface area contributed by atoms with E-state index in [0.717, 1.165) is 31.6 Å². The summed E-state index contributed by atoms with van der Waals surface area (Å²) in [6, 6.07) is 6.62. The molecule has 1 aromatic heterocycles. The zero-order chi connectivity index (χ0) is 16.1. The van der Waals surface area contributed by atoms with E-state index in [4.69, 9.17) is 15.0 Å². The zero-order valence-corrected chi connectivity index (χ0v) is 14.2. The molecule has 0 radical (unpaired) electrons. The molecule has 8 heteroatoms. The van der Waals surface area contributed by atoms with E-state index < -0.39 is 0 Å². The second-order valence-electron chi connectivity index (χ2n) is 5.74. The van der Waals surface area contributed by atoms with Crippen LogP contribution in [0.5, 0.6) is 0 Å². The Bertz CT molecular complexity index is 634. The number of ether oxygens (including phenoxy) is 1. The molecule has 1 saturated heterocycles. The first-order valence-corrected chi connectivity index (χ1v) is 7.83. The van der Waals surface area contributed by atoms with Gasteiger partial charge in [-0.3, -0.25) is 4.90 Å². The summed E-state index contributed by atoms with van der Waals surface area (Å²) in [6.45, 7) is 2.90. The molecular weight excluding hydrogens is 335 g/mol. The van der Waals surface area contributed by atoms with Gasteiger partial charge in [0.05, 0.1) is 19.2 Å². The fourth-order valence-electron chi connectivity index (χ4n) is 2.79. The average molecular weight is 357 g/mol. The summed E-state index contributed by atoms with van der Waals surface area (Å²) in [5, 5.41) is 3.94. The Balaban J connectivity index is 0.00000208. The number of aromatic nitrogens is 2. The maximum absolute atomic E-state index is 13.4. The number of nitrogens with zero attached hydrogens (tertiary/aromatic N) is 3. The fourth-order valence-corrected chi connectivity index (χ4v) is 2.79. The molecule has 1 fully saturated rings. The lowest BCUT2D eigenvalue weighted by Crippen LogP contribution is -2.31. The van der Waals surface area contributed by atoms with Gasteiger partial charge < -0.3 is 15.0 Å². The highest BCUT2D eigenvalue weighted by Crippen LogP contribution is 2.17. The molecule has 0 bridgehead atoms. The van der Waals surface area contributed by atoms with Crippen LogP contribution in [0.2, 0.25) is 0 Å². The van der Waals surface area contributed by atoms with Gasteiger partial charge in [0, 0.05) is 19.7 Å². The number of benzene rings is 1. The Labute approximate surface area is 146 Å². The molecule has 1 atom stereocenters. The van der Waals surface area contributed by atoms with E-state index in [0.29, 0.717) is 24.8 Å². The first kappa shape index (κ1) is 18.8. The third kappa shape index (κ3) is 5.24. The maximum atomic E-state index is 13.4. The summed E-state index contributed by atoms with van der Waals surface area (Å²) in [5.74, 6) is 0.771. The van der Waals surface area contributed by atoms with E-state index in [2.05, 4.69) is 15.0 Å². The molecule has 0 amide bonds. The zero-order valence-electron chi connectivity index (χ0n) is 13.4. The molecule has 0 saturated carbocycles. The predicted molar refractivity (Wildman–Crippen MR) is 88.9 cm³/mol. The smallest absolute Gasteiger partial charge is 0.240 e. The van der Waals surface area contributed by atoms with Crippen molar-refractivity contribution in [2.45, 2.75) is 38.6 Å². The molecule has 0 spiro atoms. The van der Waals surface area contributed by atoms with Crippen LogP contribution in [0.1, 0.15) is 30.1 Å². The van der Waals surface area contributed by atoms with Gasteiger partial charge in [-0.15, -0.1) is 12.4 Å². The molecule has 1 aliphatic rings. The second-order valence-corrected chi connectivity index (χ2v) is 5.74. The molecule has 2 N–H and O–H groups in total. The Morgan fingerprint density at radius 3 is 2.88 bits per heavy atom. The average Bonchev–Trinajstić information content (AvgIpc) is 3.19. The van der Waals surface area contributed by atoms with E-state index in [-0.39, 0.29) is 30.9 Å². The maximum Gasteiger partial charge on any atom is 0.240 e. The van der Waals surface area contributed by atoms with Crippen molar-refractivity contribution in [3.05, 3.63) is 47.4 Å². The monoisotopic (exact) mass is 356 g/mol. The Morgan fingerprint density at radius 2 is 2.21 bits per heavy atom. The molecule has 1 aromatic carbocycles. The van der Waals surface area contributed by atoms with Crippen LogP contribution >= 0.6 is 12.4 Å². The van der Waals surface area contributed by atoms with Crippen molar-refractivity contribution in [2.24, 2.45) is 5.73 Å². The van der Waals surface area contributed by atoms with Gasteiger partial charge in [-0.2, -0.15) is 4.98 Å². The van der Waals surface area contributed by atoms with Crippen LogP contribution in [0.4, 0.5) is 4.39 Å². The molecule has 0 aliphatic carbocycles. The lowest BCUT2D eigenvalue weighted by Gasteiger charge is -2.24. The molecule has 1 unspecified atom stereocenters. The van der Waals surface area contributed by atoms with Crippen LogP contribution in [0, 0.1) is 5.82 Å². The lowest BCUT2D eigenvalue weighted by molar-refractivity contribution is 0.0667. The summed E-state index contributed by atoms with van der Waals surface area (Å²) in [4.78, 5) is 6.39. The Morgan fingerprint density at radius 1 is 1.33 bits per heavy atom. The topological polar surface area (TPSA) is 77.4 Å². The second kappa shape index (κ2) is 9.08. The minimum absolute atomic E-state index is 0. The molecule has 132 valence electrons. The minimum Gasteiger partial charge on any atom is -0.377 e. The van der Waals surface area contributed by atoms with Crippen molar-refractivity contribution < 1.29 is 13.7 Å². The molecule has 3 rings (SSSR count). The molecule has 2 aromatic rings. The van der Waals surface area contributed by atoms with E-state index in [1.54, 1.807) is 12.1 Å². The van der Waals surface area contributed by atoms with Crippen molar-refractivity contribution in [3.63, 3.8) is 0 Å². The van der Waals surface area contributed by atoms with E-state index >= 15 is 0 Å². The number of hydrogen-bond acceptors (Lipinski definition) is 6. The summed E-state index contributed by atoms with van der Waals surface area (Å²) < 4.78 is 24.2. The number of rotatable bonds is 7. The molecule has 2 heterocycles. The molecule has 6 nitrogen and oxygen atoms in total. The SMILES string of the molecule is Cl.NCc1nc(CN(Cc2cccc(F)c2)CC2CCCO2)no1. The van der Waals surface area contributed by atoms with Crippen molar-refractivity contribution in [2.75, 3.05) is 13.2 Å². The van der Waals surface area contributed by atoms with Crippen LogP contribution < -0.4 is 5.73 Å². The van der Waals surface area contributed by atoms with Crippen molar-refractivity contribution in [1.82, 2.24) is 15.0 Å². The number of hydrogen-bond donors (Lipinski definition) is 1. The van der Waals surface area contributed by atoms with Crippen LogP contribution in [-0.2, 0) is 24.4 Å². The standard InChI is InChI=1S/C16H21FN4O2.ClH/c17-13-4-1-3-12(7-13)9-21(10-14-5-2-6-22-14)11-15-19-16(8-18)23-20-15;/h1,3-4,7,14H,2,5-6,8-11,18H2;1H. The lowest BCUT2D eigenvalue weighted by atomic mass is 10.1. The summed E-state index contributed by atoms with van der Waals surface area (Å²) in [5.41, 5.74) is 6.40. The normalized spacial score (nSPS) is 17.2. The number of halogens is 2. The Kier molecular flexibility index (Phi) is 7.11. The summed E-state index contributed by atoms with van der Waals surface area (Å²) in [6.07, 6.45) is 2.32. The largest absolute Gasteiger partial charge is 0.377 e. The van der Waals surface area contributed by atoms with Crippen molar-refractivity contribution >= 4 is 12.4 Å². The number of nitrogens with two attached hydrogens (primary N) is 1. The first-order chi connectivity index (χ1) is 11.2. The predicted octanol–water partition coefficient (Wildman–Crippen LogP) is 2.27. The summed E-state index contributed by atoms with van der Waals surface area (Å²) in [7, 11) is 0. The van der Waals surface area contributed by atoms with Crippen LogP contribution in [0.3, 0.4) is 0 Å². The highest BCUT2D eigenvalue weighted by Gasteiger charge is 2.21.